The predicted molar refractivity (Wildman–Crippen MR) is 101 cm³/mol. The van der Waals surface area contributed by atoms with Gasteiger partial charge in [-0.05, 0) is 12.1 Å². The minimum atomic E-state index is -0.901. The summed E-state index contributed by atoms with van der Waals surface area (Å²) in [6.07, 6.45) is 0. The molecule has 128 valence electrons. The van der Waals surface area contributed by atoms with Gasteiger partial charge in [0.1, 0.15) is 0 Å². The topological polar surface area (TPSA) is 91.8 Å². The van der Waals surface area contributed by atoms with Crippen LogP contribution in [0.25, 0.3) is 33.5 Å². The fourth-order valence-corrected chi connectivity index (χ4v) is 3.20. The van der Waals surface area contributed by atoms with Gasteiger partial charge in [0.15, 0.2) is 5.82 Å². The summed E-state index contributed by atoms with van der Waals surface area (Å²) in [5.41, 5.74) is 3.60. The van der Waals surface area contributed by atoms with Gasteiger partial charge in [-0.3, -0.25) is 9.89 Å². The number of para-hydroxylation sites is 1. The van der Waals surface area contributed by atoms with Crippen molar-refractivity contribution in [3.05, 3.63) is 60.7 Å². The normalized spacial score (nSPS) is 10.9. The second kappa shape index (κ2) is 6.97. The third-order valence-corrected chi connectivity index (χ3v) is 4.66. The highest BCUT2D eigenvalue weighted by Crippen LogP contribution is 2.30. The summed E-state index contributed by atoms with van der Waals surface area (Å²) in [6, 6.07) is 19.7. The maximum atomic E-state index is 10.7. The Morgan fingerprint density at radius 1 is 1.04 bits per heavy atom. The number of carbonyl (C=O) groups is 1. The van der Waals surface area contributed by atoms with Gasteiger partial charge in [0.25, 0.3) is 0 Å². The van der Waals surface area contributed by atoms with Crippen molar-refractivity contribution in [2.45, 2.75) is 5.16 Å². The molecule has 0 saturated carbocycles. The minimum absolute atomic E-state index is 0.0797. The van der Waals surface area contributed by atoms with Crippen LogP contribution in [0.15, 0.2) is 65.8 Å². The third kappa shape index (κ3) is 3.29. The molecule has 2 N–H and O–H groups in total. The first-order valence-electron chi connectivity index (χ1n) is 7.93. The number of aliphatic carboxylic acids is 1. The highest BCUT2D eigenvalue weighted by molar-refractivity contribution is 7.99. The molecule has 0 bridgehead atoms. The number of H-pyrrole nitrogens is 1. The molecular weight excluding hydrogens is 348 g/mol. The van der Waals surface area contributed by atoms with Crippen molar-refractivity contribution in [3.63, 3.8) is 0 Å². The Kier molecular flexibility index (Phi) is 4.37. The summed E-state index contributed by atoms with van der Waals surface area (Å²) in [5, 5.41) is 17.2. The van der Waals surface area contributed by atoms with Crippen LogP contribution in [0, 0.1) is 0 Å². The fraction of sp³-hybridized carbons (Fsp3) is 0.0526. The number of nitrogens with one attached hydrogen (secondary N) is 1. The van der Waals surface area contributed by atoms with Crippen molar-refractivity contribution < 1.29 is 9.90 Å². The molecule has 26 heavy (non-hydrogen) atoms. The van der Waals surface area contributed by atoms with E-state index in [1.165, 1.54) is 0 Å². The van der Waals surface area contributed by atoms with Gasteiger partial charge in [0.2, 0.25) is 5.16 Å². The van der Waals surface area contributed by atoms with Crippen molar-refractivity contribution >= 4 is 28.6 Å². The Balaban J connectivity index is 1.82. The van der Waals surface area contributed by atoms with Gasteiger partial charge in [-0.25, -0.2) is 9.97 Å². The van der Waals surface area contributed by atoms with E-state index in [1.54, 1.807) is 0 Å². The number of fused-ring (bicyclic) bond motifs is 1. The number of carboxylic acid groups (broad SMARTS) is 1. The number of pyridine rings is 1. The van der Waals surface area contributed by atoms with Gasteiger partial charge < -0.3 is 5.11 Å². The van der Waals surface area contributed by atoms with Crippen LogP contribution in [0.1, 0.15) is 0 Å². The van der Waals surface area contributed by atoms with Crippen molar-refractivity contribution in [3.8, 4) is 22.6 Å². The van der Waals surface area contributed by atoms with E-state index in [0.29, 0.717) is 11.0 Å². The number of aromatic amines is 1. The SMILES string of the molecule is O=C(O)CSc1n[nH]c(-c2cc(-c3ccccc3)nc3ccccc23)n1. The van der Waals surface area contributed by atoms with Crippen LogP contribution in [-0.4, -0.2) is 37.0 Å². The van der Waals surface area contributed by atoms with Gasteiger partial charge in [0.05, 0.1) is 17.0 Å². The number of aromatic nitrogens is 4. The van der Waals surface area contributed by atoms with Crippen LogP contribution in [-0.2, 0) is 4.79 Å². The lowest BCUT2D eigenvalue weighted by molar-refractivity contribution is -0.133. The Morgan fingerprint density at radius 2 is 1.81 bits per heavy atom. The van der Waals surface area contributed by atoms with E-state index in [2.05, 4.69) is 15.2 Å². The number of thioether (sulfide) groups is 1. The lowest BCUT2D eigenvalue weighted by atomic mass is 10.0. The van der Waals surface area contributed by atoms with Crippen LogP contribution in [0.4, 0.5) is 0 Å². The zero-order valence-corrected chi connectivity index (χ0v) is 14.4. The molecule has 2 aromatic carbocycles. The minimum Gasteiger partial charge on any atom is -0.481 e. The lowest BCUT2D eigenvalue weighted by Gasteiger charge is -2.08. The third-order valence-electron chi connectivity index (χ3n) is 3.83. The van der Waals surface area contributed by atoms with E-state index in [1.807, 2.05) is 60.7 Å². The molecule has 0 amide bonds. The van der Waals surface area contributed by atoms with Crippen molar-refractivity contribution in [2.75, 3.05) is 5.75 Å². The summed E-state index contributed by atoms with van der Waals surface area (Å²) < 4.78 is 0. The van der Waals surface area contributed by atoms with E-state index in [-0.39, 0.29) is 5.75 Å². The molecule has 6 nitrogen and oxygen atoms in total. The molecule has 0 fully saturated rings. The highest BCUT2D eigenvalue weighted by atomic mass is 32.2. The van der Waals surface area contributed by atoms with Crippen molar-refractivity contribution in [1.29, 1.82) is 0 Å². The maximum Gasteiger partial charge on any atom is 0.313 e. The van der Waals surface area contributed by atoms with Crippen molar-refractivity contribution in [1.82, 2.24) is 20.2 Å². The number of carboxylic acids is 1. The Bertz CT molecular complexity index is 1080. The van der Waals surface area contributed by atoms with E-state index < -0.39 is 5.97 Å². The molecule has 7 heteroatoms. The van der Waals surface area contributed by atoms with Gasteiger partial charge in [0, 0.05) is 16.5 Å². The smallest absolute Gasteiger partial charge is 0.313 e. The standard InChI is InChI=1S/C19H14N4O2S/c24-17(25)11-26-19-21-18(22-23-19)14-10-16(12-6-2-1-3-7-12)20-15-9-5-4-8-13(14)15/h1-10H,11H2,(H,24,25)(H,21,22,23). The summed E-state index contributed by atoms with van der Waals surface area (Å²) in [4.78, 5) is 19.9. The van der Waals surface area contributed by atoms with Gasteiger partial charge in [-0.15, -0.1) is 5.10 Å². The van der Waals surface area contributed by atoms with Crippen LogP contribution in [0.3, 0.4) is 0 Å². The fourth-order valence-electron chi connectivity index (χ4n) is 2.69. The molecule has 0 atom stereocenters. The quantitative estimate of drug-likeness (QED) is 0.524. The van der Waals surface area contributed by atoms with Crippen LogP contribution < -0.4 is 0 Å². The molecule has 0 radical (unpaired) electrons. The maximum absolute atomic E-state index is 10.7. The number of hydrogen-bond donors (Lipinski definition) is 2. The molecule has 2 heterocycles. The van der Waals surface area contributed by atoms with E-state index >= 15 is 0 Å². The molecule has 0 aliphatic carbocycles. The van der Waals surface area contributed by atoms with Crippen LogP contribution >= 0.6 is 11.8 Å². The molecule has 4 aromatic rings. The average Bonchev–Trinajstić information content (AvgIpc) is 3.15. The summed E-state index contributed by atoms with van der Waals surface area (Å²) >= 11 is 1.08. The van der Waals surface area contributed by atoms with Crippen LogP contribution in [0.2, 0.25) is 0 Å². The summed E-state index contributed by atoms with van der Waals surface area (Å²) in [7, 11) is 0. The first-order chi connectivity index (χ1) is 12.7. The number of benzene rings is 2. The molecule has 2 aromatic heterocycles. The predicted octanol–water partition coefficient (Wildman–Crippen LogP) is 3.86. The van der Waals surface area contributed by atoms with Crippen LogP contribution in [0.5, 0.6) is 0 Å². The van der Waals surface area contributed by atoms with E-state index in [4.69, 9.17) is 10.1 Å². The van der Waals surface area contributed by atoms with E-state index in [0.717, 1.165) is 39.5 Å². The summed E-state index contributed by atoms with van der Waals surface area (Å²) in [5.74, 6) is -0.389. The highest BCUT2D eigenvalue weighted by Gasteiger charge is 2.13. The Hall–Kier alpha value is -3.19. The summed E-state index contributed by atoms with van der Waals surface area (Å²) in [6.45, 7) is 0. The van der Waals surface area contributed by atoms with Gasteiger partial charge >= 0.3 is 5.97 Å². The zero-order valence-electron chi connectivity index (χ0n) is 13.6. The Morgan fingerprint density at radius 3 is 2.62 bits per heavy atom. The molecule has 4 rings (SSSR count). The second-order valence-corrected chi connectivity index (χ2v) is 6.53. The molecule has 0 unspecified atom stereocenters. The van der Waals surface area contributed by atoms with Gasteiger partial charge in [-0.1, -0.05) is 60.3 Å². The first kappa shape index (κ1) is 16.3. The largest absolute Gasteiger partial charge is 0.481 e. The molecule has 0 saturated heterocycles. The monoisotopic (exact) mass is 362 g/mol. The molecule has 0 aliphatic rings. The average molecular weight is 362 g/mol. The number of nitrogens with zero attached hydrogens (tertiary/aromatic N) is 3. The van der Waals surface area contributed by atoms with E-state index in [9.17, 15) is 4.79 Å². The van der Waals surface area contributed by atoms with Crippen molar-refractivity contribution in [2.24, 2.45) is 0 Å². The number of hydrogen-bond acceptors (Lipinski definition) is 5. The lowest BCUT2D eigenvalue weighted by Crippen LogP contribution is -1.97. The number of rotatable bonds is 5. The Labute approximate surface area is 153 Å². The molecule has 0 aliphatic heterocycles. The molecular formula is C19H14N4O2S. The second-order valence-electron chi connectivity index (χ2n) is 5.59. The first-order valence-corrected chi connectivity index (χ1v) is 8.92. The zero-order chi connectivity index (χ0) is 17.9. The van der Waals surface area contributed by atoms with Gasteiger partial charge in [-0.2, -0.15) is 0 Å². The molecule has 0 spiro atoms.